The Bertz CT molecular complexity index is 1210. The van der Waals surface area contributed by atoms with E-state index in [0.29, 0.717) is 76.7 Å². The summed E-state index contributed by atoms with van der Waals surface area (Å²) in [5.74, 6) is 1.54. The maximum atomic E-state index is 13.6. The average Bonchev–Trinajstić information content (AvgIpc) is 3.01. The Balaban J connectivity index is 1.23. The first-order valence-electron chi connectivity index (χ1n) is 14.2. The predicted octanol–water partition coefficient (Wildman–Crippen LogP) is 4.41. The van der Waals surface area contributed by atoms with Crippen LogP contribution in [-0.4, -0.2) is 87.2 Å². The number of piperazine rings is 2. The lowest BCUT2D eigenvalue weighted by Crippen LogP contribution is -2.50. The number of rotatable bonds is 8. The van der Waals surface area contributed by atoms with Crippen molar-refractivity contribution in [3.05, 3.63) is 83.9 Å². The largest absolute Gasteiger partial charge is 0.492 e. The van der Waals surface area contributed by atoms with Gasteiger partial charge in [0, 0.05) is 52.4 Å². The van der Waals surface area contributed by atoms with E-state index in [4.69, 9.17) is 9.47 Å². The molecule has 2 heterocycles. The van der Waals surface area contributed by atoms with Crippen molar-refractivity contribution in [1.29, 1.82) is 0 Å². The van der Waals surface area contributed by atoms with Gasteiger partial charge in [0.25, 0.3) is 11.8 Å². The molecule has 2 saturated heterocycles. The van der Waals surface area contributed by atoms with Crippen molar-refractivity contribution in [2.45, 2.75) is 13.8 Å². The van der Waals surface area contributed by atoms with Gasteiger partial charge in [0.2, 0.25) is 0 Å². The fourth-order valence-corrected chi connectivity index (χ4v) is 5.49. The lowest BCUT2D eigenvalue weighted by atomic mass is 10.0. The third-order valence-electron chi connectivity index (χ3n) is 7.53. The molecule has 3 aromatic carbocycles. The van der Waals surface area contributed by atoms with Crippen molar-refractivity contribution in [3.63, 3.8) is 0 Å². The van der Waals surface area contributed by atoms with Crippen molar-refractivity contribution in [2.75, 3.05) is 75.4 Å². The molecule has 2 aliphatic rings. The lowest BCUT2D eigenvalue weighted by Gasteiger charge is -2.38. The van der Waals surface area contributed by atoms with Gasteiger partial charge >= 0.3 is 0 Å². The zero-order valence-electron chi connectivity index (χ0n) is 23.4. The standard InChI is InChI=1S/C32H38N4O4/c1-3-39-29-15-9-7-13-27(29)33-17-21-35(22-18-33)31(37)25-11-5-6-12-26(25)32(38)36-23-19-34(20-24-36)28-14-8-10-16-30(28)40-4-2/h5-16H,3-4,17-24H2,1-2H3. The van der Waals surface area contributed by atoms with Crippen molar-refractivity contribution >= 4 is 23.2 Å². The van der Waals surface area contributed by atoms with Crippen molar-refractivity contribution in [2.24, 2.45) is 0 Å². The minimum Gasteiger partial charge on any atom is -0.492 e. The van der Waals surface area contributed by atoms with Gasteiger partial charge in [0.1, 0.15) is 11.5 Å². The highest BCUT2D eigenvalue weighted by Crippen LogP contribution is 2.30. The van der Waals surface area contributed by atoms with Gasteiger partial charge in [-0.1, -0.05) is 36.4 Å². The van der Waals surface area contributed by atoms with Gasteiger partial charge < -0.3 is 29.1 Å². The van der Waals surface area contributed by atoms with Gasteiger partial charge in [-0.2, -0.15) is 0 Å². The zero-order valence-corrected chi connectivity index (χ0v) is 23.4. The molecular weight excluding hydrogens is 504 g/mol. The number of anilines is 2. The Labute approximate surface area is 236 Å². The molecule has 0 spiro atoms. The van der Waals surface area contributed by atoms with E-state index >= 15 is 0 Å². The Morgan fingerprint density at radius 2 is 0.900 bits per heavy atom. The van der Waals surface area contributed by atoms with Gasteiger partial charge in [-0.05, 0) is 50.2 Å². The summed E-state index contributed by atoms with van der Waals surface area (Å²) in [5, 5.41) is 0. The quantitative estimate of drug-likeness (QED) is 0.420. The van der Waals surface area contributed by atoms with Crippen LogP contribution < -0.4 is 19.3 Å². The van der Waals surface area contributed by atoms with Gasteiger partial charge in [-0.15, -0.1) is 0 Å². The lowest BCUT2D eigenvalue weighted by molar-refractivity contribution is 0.0707. The van der Waals surface area contributed by atoms with E-state index in [-0.39, 0.29) is 11.8 Å². The molecule has 40 heavy (non-hydrogen) atoms. The van der Waals surface area contributed by atoms with Gasteiger partial charge in [-0.3, -0.25) is 9.59 Å². The van der Waals surface area contributed by atoms with E-state index < -0.39 is 0 Å². The highest BCUT2D eigenvalue weighted by atomic mass is 16.5. The normalized spacial score (nSPS) is 15.7. The Kier molecular flexibility index (Phi) is 8.74. The summed E-state index contributed by atoms with van der Waals surface area (Å²) in [7, 11) is 0. The van der Waals surface area contributed by atoms with Crippen LogP contribution in [0.1, 0.15) is 34.6 Å². The summed E-state index contributed by atoms with van der Waals surface area (Å²) in [6.07, 6.45) is 0. The molecule has 8 heteroatoms. The van der Waals surface area contributed by atoms with E-state index in [1.165, 1.54) is 0 Å². The minimum absolute atomic E-state index is 0.0917. The van der Waals surface area contributed by atoms with Gasteiger partial charge in [0.15, 0.2) is 0 Å². The topological polar surface area (TPSA) is 65.6 Å². The first kappa shape index (κ1) is 27.4. The molecule has 2 aliphatic heterocycles. The first-order valence-corrected chi connectivity index (χ1v) is 14.2. The molecule has 0 saturated carbocycles. The molecule has 2 amide bonds. The maximum Gasteiger partial charge on any atom is 0.254 e. The summed E-state index contributed by atoms with van der Waals surface area (Å²) in [4.78, 5) is 35.5. The molecule has 0 bridgehead atoms. The predicted molar refractivity (Wildman–Crippen MR) is 158 cm³/mol. The van der Waals surface area contributed by atoms with Crippen LogP contribution >= 0.6 is 0 Å². The van der Waals surface area contributed by atoms with E-state index in [1.807, 2.05) is 72.2 Å². The van der Waals surface area contributed by atoms with Crippen molar-refractivity contribution in [3.8, 4) is 11.5 Å². The molecule has 8 nitrogen and oxygen atoms in total. The van der Waals surface area contributed by atoms with Crippen molar-refractivity contribution < 1.29 is 19.1 Å². The zero-order chi connectivity index (χ0) is 27.9. The van der Waals surface area contributed by atoms with Crippen LogP contribution in [0.15, 0.2) is 72.8 Å². The molecular formula is C32H38N4O4. The molecule has 0 aromatic heterocycles. The van der Waals surface area contributed by atoms with Crippen LogP contribution in [0.5, 0.6) is 11.5 Å². The van der Waals surface area contributed by atoms with Crippen LogP contribution in [0.2, 0.25) is 0 Å². The number of ether oxygens (including phenoxy) is 2. The van der Waals surface area contributed by atoms with Crippen LogP contribution in [0, 0.1) is 0 Å². The second-order valence-electron chi connectivity index (χ2n) is 9.91. The summed E-state index contributed by atoms with van der Waals surface area (Å²) >= 11 is 0. The van der Waals surface area contributed by atoms with E-state index in [1.54, 1.807) is 12.1 Å². The molecule has 5 rings (SSSR count). The van der Waals surface area contributed by atoms with Crippen LogP contribution in [0.25, 0.3) is 0 Å². The number of hydrogen-bond donors (Lipinski definition) is 0. The molecule has 0 unspecified atom stereocenters. The Morgan fingerprint density at radius 3 is 1.27 bits per heavy atom. The average molecular weight is 543 g/mol. The second-order valence-corrected chi connectivity index (χ2v) is 9.91. The molecule has 0 N–H and O–H groups in total. The summed E-state index contributed by atoms with van der Waals surface area (Å²) in [6.45, 7) is 10.3. The molecule has 3 aromatic rings. The highest BCUT2D eigenvalue weighted by molar-refractivity contribution is 6.07. The number of nitrogens with zero attached hydrogens (tertiary/aromatic N) is 4. The molecule has 0 radical (unpaired) electrons. The molecule has 0 atom stereocenters. The van der Waals surface area contributed by atoms with E-state index in [2.05, 4.69) is 21.9 Å². The third-order valence-corrected chi connectivity index (χ3v) is 7.53. The van der Waals surface area contributed by atoms with Crippen LogP contribution in [0.3, 0.4) is 0 Å². The minimum atomic E-state index is -0.0917. The fourth-order valence-electron chi connectivity index (χ4n) is 5.49. The summed E-state index contributed by atoms with van der Waals surface area (Å²) in [6, 6.07) is 23.3. The fraction of sp³-hybridized carbons (Fsp3) is 0.375. The van der Waals surface area contributed by atoms with Gasteiger partial charge in [0.05, 0.1) is 35.7 Å². The number of hydrogen-bond acceptors (Lipinski definition) is 6. The Hall–Kier alpha value is -4.20. The highest BCUT2D eigenvalue weighted by Gasteiger charge is 2.29. The number of carbonyl (C=O) groups is 2. The van der Waals surface area contributed by atoms with Crippen molar-refractivity contribution in [1.82, 2.24) is 9.80 Å². The summed E-state index contributed by atoms with van der Waals surface area (Å²) in [5.41, 5.74) is 3.05. The Morgan fingerprint density at radius 1 is 0.550 bits per heavy atom. The SMILES string of the molecule is CCOc1ccccc1N1CCN(C(=O)c2ccccc2C(=O)N2CCN(c3ccccc3OCC)CC2)CC1. The molecule has 210 valence electrons. The van der Waals surface area contributed by atoms with E-state index in [0.717, 1.165) is 22.9 Å². The molecule has 0 aliphatic carbocycles. The monoisotopic (exact) mass is 542 g/mol. The number of carbonyl (C=O) groups excluding carboxylic acids is 2. The number of benzene rings is 3. The number of para-hydroxylation sites is 4. The smallest absolute Gasteiger partial charge is 0.254 e. The van der Waals surface area contributed by atoms with Crippen LogP contribution in [0.4, 0.5) is 11.4 Å². The van der Waals surface area contributed by atoms with E-state index in [9.17, 15) is 9.59 Å². The first-order chi connectivity index (χ1) is 19.6. The second kappa shape index (κ2) is 12.8. The third kappa shape index (κ3) is 5.86. The number of amides is 2. The van der Waals surface area contributed by atoms with Crippen LogP contribution in [-0.2, 0) is 0 Å². The summed E-state index contributed by atoms with van der Waals surface area (Å²) < 4.78 is 11.6. The molecule has 2 fully saturated rings. The maximum absolute atomic E-state index is 13.6. The van der Waals surface area contributed by atoms with Gasteiger partial charge in [-0.25, -0.2) is 0 Å².